The van der Waals surface area contributed by atoms with Crippen LogP contribution in [-0.4, -0.2) is 16.3 Å². The van der Waals surface area contributed by atoms with Crippen LogP contribution in [0.1, 0.15) is 40.0 Å². The molecule has 0 aromatic heterocycles. The molecule has 0 aliphatic heterocycles. The Morgan fingerprint density at radius 2 is 1.91 bits per heavy atom. The third kappa shape index (κ3) is 0.879. The van der Waals surface area contributed by atoms with E-state index in [1.807, 2.05) is 0 Å². The van der Waals surface area contributed by atoms with Gasteiger partial charge >= 0.3 is 0 Å². The minimum absolute atomic E-state index is 0.677. The van der Waals surface area contributed by atoms with Crippen LogP contribution >= 0.6 is 0 Å². The van der Waals surface area contributed by atoms with Gasteiger partial charge in [0.05, 0.1) is 0 Å². The highest BCUT2D eigenvalue weighted by Crippen LogP contribution is 2.79. The van der Waals surface area contributed by atoms with Crippen molar-refractivity contribution < 1.29 is 0 Å². The van der Waals surface area contributed by atoms with Gasteiger partial charge in [0, 0.05) is 0 Å². The largest absolute Gasteiger partial charge is 0.184 e. The van der Waals surface area contributed by atoms with Crippen LogP contribution in [0.4, 0.5) is 0 Å². The molecule has 11 heavy (non-hydrogen) atoms. The van der Waals surface area contributed by atoms with Gasteiger partial charge in [0.1, 0.15) is 0 Å². The fourth-order valence-corrected chi connectivity index (χ4v) is 4.63. The molecular weight excluding hydrogens is 147 g/mol. The van der Waals surface area contributed by atoms with E-state index >= 15 is 0 Å². The Hall–Kier alpha value is 0.532. The minimum atomic E-state index is 0.677. The van der Waals surface area contributed by atoms with Crippen molar-refractivity contribution in [2.45, 2.75) is 44.3 Å². The lowest BCUT2D eigenvalue weighted by atomic mass is 9.90. The number of rotatable bonds is 0. The van der Waals surface area contributed by atoms with E-state index in [9.17, 15) is 0 Å². The molecule has 61 valence electrons. The van der Waals surface area contributed by atoms with Gasteiger partial charge in [-0.25, -0.2) is 0 Å². The minimum Gasteiger partial charge on any atom is -0.0790 e. The Morgan fingerprint density at radius 3 is 2.36 bits per heavy atom. The predicted octanol–water partition coefficient (Wildman–Crippen LogP) is 2.52. The smallest absolute Gasteiger partial charge is 0.0790 e. The first-order valence-corrected chi connectivity index (χ1v) is 5.54. The Labute approximate surface area is 78.2 Å². The summed E-state index contributed by atoms with van der Waals surface area (Å²) in [6, 6.07) is 0. The summed E-state index contributed by atoms with van der Waals surface area (Å²) >= 11 is 2.28. The Balaban J connectivity index is 2.17. The fourth-order valence-electron chi connectivity index (χ4n) is 3.28. The molecule has 0 nitrogen and oxygen atoms in total. The van der Waals surface area contributed by atoms with Gasteiger partial charge in [-0.1, -0.05) is 44.3 Å². The van der Waals surface area contributed by atoms with Gasteiger partial charge in [0.15, 0.2) is 16.3 Å². The summed E-state index contributed by atoms with van der Waals surface area (Å²) in [4.78, 5) is 0. The van der Waals surface area contributed by atoms with E-state index in [1.165, 1.54) is 19.3 Å². The van der Waals surface area contributed by atoms with Crippen molar-refractivity contribution in [3.63, 3.8) is 0 Å². The van der Waals surface area contributed by atoms with E-state index in [1.54, 1.807) is 0 Å². The second-order valence-corrected chi connectivity index (χ2v) is 6.58. The highest BCUT2D eigenvalue weighted by Gasteiger charge is 2.66. The van der Waals surface area contributed by atoms with Crippen LogP contribution < -0.4 is 0 Å². The molecule has 0 aromatic carbocycles. The zero-order valence-electron chi connectivity index (χ0n) is 7.98. The third-order valence-electron chi connectivity index (χ3n) is 4.40. The molecule has 2 aliphatic carbocycles. The molecule has 2 rings (SSSR count). The van der Waals surface area contributed by atoms with Crippen LogP contribution in [0.15, 0.2) is 0 Å². The molecule has 0 bridgehead atoms. The van der Waals surface area contributed by atoms with Crippen LogP contribution in [0.5, 0.6) is 0 Å². The molecule has 3 atom stereocenters. The van der Waals surface area contributed by atoms with E-state index in [0.29, 0.717) is 5.41 Å². The average molecular weight is 165 g/mol. The quantitative estimate of drug-likeness (QED) is 0.484. The molecule has 0 heterocycles. The summed E-state index contributed by atoms with van der Waals surface area (Å²) < 4.78 is 0.741. The second kappa shape index (κ2) is 2.06. The van der Waals surface area contributed by atoms with E-state index < -0.39 is 0 Å². The van der Waals surface area contributed by atoms with Crippen molar-refractivity contribution in [1.29, 1.82) is 0 Å². The van der Waals surface area contributed by atoms with Crippen molar-refractivity contribution in [3.8, 4) is 0 Å². The van der Waals surface area contributed by atoms with Gasteiger partial charge in [-0.05, 0) is 17.3 Å². The van der Waals surface area contributed by atoms with Crippen molar-refractivity contribution in [3.05, 3.63) is 0 Å². The Bertz CT molecular complexity index is 185. The molecule has 0 spiro atoms. The Kier molecular flexibility index (Phi) is 1.53. The zero-order valence-corrected chi connectivity index (χ0v) is 9.40. The molecule has 2 fully saturated rings. The molecule has 0 amide bonds. The topological polar surface area (TPSA) is 0 Å². The van der Waals surface area contributed by atoms with Gasteiger partial charge in [-0.3, -0.25) is 0 Å². The SMILES string of the molecule is CC1CCC2C(C)(C)[C]2([AlH])C1. The normalized spacial score (nSPS) is 53.4. The number of hydrogen-bond donors (Lipinski definition) is 0. The molecular formula is C10H18Al. The van der Waals surface area contributed by atoms with Crippen molar-refractivity contribution in [2.75, 3.05) is 0 Å². The van der Waals surface area contributed by atoms with Crippen molar-refractivity contribution >= 4 is 16.3 Å². The van der Waals surface area contributed by atoms with Crippen LogP contribution in [0.2, 0.25) is 4.28 Å². The highest BCUT2D eigenvalue weighted by molar-refractivity contribution is 6.19. The summed E-state index contributed by atoms with van der Waals surface area (Å²) in [7, 11) is 0. The first-order valence-electron chi connectivity index (χ1n) is 4.84. The van der Waals surface area contributed by atoms with Crippen LogP contribution in [0, 0.1) is 17.3 Å². The maximum absolute atomic E-state index is 2.46. The van der Waals surface area contributed by atoms with E-state index in [2.05, 4.69) is 37.1 Å². The third-order valence-corrected chi connectivity index (χ3v) is 6.09. The summed E-state index contributed by atoms with van der Waals surface area (Å²) in [5.41, 5.74) is 0.677. The average Bonchev–Trinajstić information content (AvgIpc) is 2.26. The summed E-state index contributed by atoms with van der Waals surface area (Å²) in [5, 5.41) is 0. The standard InChI is InChI=1S/C10H17.Al.H/c1-7-4-5-8-9(6-7)10(8,2)3;;/h7-8H,4-6H2,1-3H3;;. The van der Waals surface area contributed by atoms with Gasteiger partial charge in [-0.15, -0.1) is 0 Å². The van der Waals surface area contributed by atoms with Crippen LogP contribution in [0.3, 0.4) is 0 Å². The summed E-state index contributed by atoms with van der Waals surface area (Å²) in [6.07, 6.45) is 4.47. The molecule has 0 N–H and O–H groups in total. The highest BCUT2D eigenvalue weighted by atomic mass is 27.0. The molecule has 0 aromatic rings. The maximum Gasteiger partial charge on any atom is 0.184 e. The second-order valence-electron chi connectivity index (χ2n) is 5.32. The van der Waals surface area contributed by atoms with Crippen molar-refractivity contribution in [1.82, 2.24) is 0 Å². The van der Waals surface area contributed by atoms with Gasteiger partial charge < -0.3 is 0 Å². The van der Waals surface area contributed by atoms with E-state index in [4.69, 9.17) is 0 Å². The van der Waals surface area contributed by atoms with E-state index in [0.717, 1.165) is 16.1 Å². The summed E-state index contributed by atoms with van der Waals surface area (Å²) in [5.74, 6) is 2.05. The van der Waals surface area contributed by atoms with Gasteiger partial charge in [-0.2, -0.15) is 0 Å². The first-order chi connectivity index (χ1) is 4.98. The van der Waals surface area contributed by atoms with Crippen LogP contribution in [-0.2, 0) is 0 Å². The van der Waals surface area contributed by atoms with E-state index in [-0.39, 0.29) is 0 Å². The first kappa shape index (κ1) is 8.15. The molecule has 0 saturated heterocycles. The number of hydrogen-bond acceptors (Lipinski definition) is 0. The molecule has 2 saturated carbocycles. The van der Waals surface area contributed by atoms with Gasteiger partial charge in [0.25, 0.3) is 0 Å². The summed E-state index contributed by atoms with van der Waals surface area (Å²) in [6.45, 7) is 7.34. The zero-order chi connectivity index (χ0) is 8.28. The number of fused-ring (bicyclic) bond motifs is 1. The fraction of sp³-hybridized carbons (Fsp3) is 1.00. The lowest BCUT2D eigenvalue weighted by molar-refractivity contribution is 0.378. The monoisotopic (exact) mass is 165 g/mol. The molecule has 1 radical (unpaired) electrons. The molecule has 3 unspecified atom stereocenters. The molecule has 1 heteroatoms. The lowest BCUT2D eigenvalue weighted by Crippen LogP contribution is -2.11. The molecule has 2 aliphatic rings. The Morgan fingerprint density at radius 1 is 1.27 bits per heavy atom. The predicted molar refractivity (Wildman–Crippen MR) is 50.1 cm³/mol. The lowest BCUT2D eigenvalue weighted by Gasteiger charge is -2.24. The van der Waals surface area contributed by atoms with Crippen molar-refractivity contribution in [2.24, 2.45) is 17.3 Å². The maximum atomic E-state index is 2.46. The van der Waals surface area contributed by atoms with Crippen LogP contribution in [0.25, 0.3) is 0 Å². The van der Waals surface area contributed by atoms with Gasteiger partial charge in [0.2, 0.25) is 0 Å².